The van der Waals surface area contributed by atoms with E-state index in [1.54, 1.807) is 22.6 Å². The molecule has 0 aliphatic carbocycles. The Labute approximate surface area is 119 Å². The number of pyridine rings is 1. The highest BCUT2D eigenvalue weighted by Crippen LogP contribution is 2.29. The summed E-state index contributed by atoms with van der Waals surface area (Å²) in [5.41, 5.74) is -0.742. The number of aromatic nitrogens is 1. The first-order valence-corrected chi connectivity index (χ1v) is 6.04. The normalized spacial score (nSPS) is 11.3. The van der Waals surface area contributed by atoms with Crippen LogP contribution >= 0.6 is 22.6 Å². The minimum Gasteiger partial charge on any atom is -0.461 e. The molecular formula is C10H8F4INO3. The van der Waals surface area contributed by atoms with Crippen LogP contribution in [0.2, 0.25) is 0 Å². The van der Waals surface area contributed by atoms with Crippen LogP contribution in [0.25, 0.3) is 0 Å². The van der Waals surface area contributed by atoms with Crippen molar-refractivity contribution in [3.8, 4) is 5.75 Å². The molecule has 0 amide bonds. The van der Waals surface area contributed by atoms with Crippen molar-refractivity contribution in [3.63, 3.8) is 0 Å². The fourth-order valence-corrected chi connectivity index (χ4v) is 1.69. The van der Waals surface area contributed by atoms with Gasteiger partial charge in [0.15, 0.2) is 11.4 Å². The average molecular weight is 393 g/mol. The quantitative estimate of drug-likeness (QED) is 0.341. The summed E-state index contributed by atoms with van der Waals surface area (Å²) in [5.74, 6) is -1.94. The minimum absolute atomic E-state index is 0.0343. The monoisotopic (exact) mass is 393 g/mol. The van der Waals surface area contributed by atoms with Gasteiger partial charge in [0.25, 0.3) is 0 Å². The maximum absolute atomic E-state index is 12.6. The fourth-order valence-electron chi connectivity index (χ4n) is 1.15. The third-order valence-corrected chi connectivity index (χ3v) is 2.79. The van der Waals surface area contributed by atoms with Gasteiger partial charge in [-0.3, -0.25) is 0 Å². The van der Waals surface area contributed by atoms with Gasteiger partial charge < -0.3 is 9.47 Å². The number of esters is 1. The molecule has 0 radical (unpaired) electrons. The van der Waals surface area contributed by atoms with E-state index in [-0.39, 0.29) is 15.9 Å². The third-order valence-electron chi connectivity index (χ3n) is 1.85. The van der Waals surface area contributed by atoms with E-state index in [4.69, 9.17) is 0 Å². The summed E-state index contributed by atoms with van der Waals surface area (Å²) < 4.78 is 57.5. The highest BCUT2D eigenvalue weighted by atomic mass is 127. The molecular weight excluding hydrogens is 385 g/mol. The lowest BCUT2D eigenvalue weighted by Gasteiger charge is -2.13. The first-order valence-electron chi connectivity index (χ1n) is 4.96. The van der Waals surface area contributed by atoms with Gasteiger partial charge in [0.1, 0.15) is 10.4 Å². The molecule has 4 nitrogen and oxygen atoms in total. The molecule has 1 heterocycles. The van der Waals surface area contributed by atoms with E-state index in [9.17, 15) is 22.4 Å². The third kappa shape index (κ3) is 4.48. The lowest BCUT2D eigenvalue weighted by Crippen LogP contribution is -2.21. The minimum atomic E-state index is -5.01. The number of nitrogens with zero attached hydrogens (tertiary/aromatic N) is 1. The van der Waals surface area contributed by atoms with Crippen LogP contribution in [0.15, 0.2) is 6.07 Å². The predicted octanol–water partition coefficient (Wildman–Crippen LogP) is 3.23. The van der Waals surface area contributed by atoms with E-state index in [1.165, 1.54) is 6.92 Å². The van der Waals surface area contributed by atoms with Crippen LogP contribution in [0.3, 0.4) is 0 Å². The molecule has 0 saturated carbocycles. The summed E-state index contributed by atoms with van der Waals surface area (Å²) in [4.78, 5) is 15.1. The standard InChI is InChI=1S/C10H8F4INO3/c1-2-18-9(17)7-6(19-10(12,13)14)3-5(4-11)8(15)16-7/h3H,2,4H2,1H3. The van der Waals surface area contributed by atoms with Gasteiger partial charge in [0.2, 0.25) is 0 Å². The van der Waals surface area contributed by atoms with Gasteiger partial charge in [0.05, 0.1) is 6.61 Å². The first kappa shape index (κ1) is 15.9. The van der Waals surface area contributed by atoms with Gasteiger partial charge in [-0.15, -0.1) is 13.2 Å². The number of carbonyl (C=O) groups excluding carboxylic acids is 1. The van der Waals surface area contributed by atoms with Crippen LogP contribution in [0.1, 0.15) is 23.0 Å². The van der Waals surface area contributed by atoms with Crippen molar-refractivity contribution in [2.75, 3.05) is 6.61 Å². The zero-order chi connectivity index (χ0) is 14.6. The Morgan fingerprint density at radius 3 is 2.58 bits per heavy atom. The molecule has 0 spiro atoms. The van der Waals surface area contributed by atoms with Crippen LogP contribution in [0, 0.1) is 3.70 Å². The van der Waals surface area contributed by atoms with Gasteiger partial charge >= 0.3 is 12.3 Å². The van der Waals surface area contributed by atoms with Crippen LogP contribution in [0.4, 0.5) is 17.6 Å². The van der Waals surface area contributed by atoms with Crippen LogP contribution in [-0.2, 0) is 11.4 Å². The second-order valence-electron chi connectivity index (χ2n) is 3.19. The van der Waals surface area contributed by atoms with Gasteiger partial charge in [-0.1, -0.05) is 0 Å². The van der Waals surface area contributed by atoms with Crippen LogP contribution in [0.5, 0.6) is 5.75 Å². The van der Waals surface area contributed by atoms with Crippen molar-refractivity contribution in [2.24, 2.45) is 0 Å². The number of hydrogen-bond acceptors (Lipinski definition) is 4. The van der Waals surface area contributed by atoms with Crippen molar-refractivity contribution in [1.82, 2.24) is 4.98 Å². The molecule has 0 N–H and O–H groups in total. The highest BCUT2D eigenvalue weighted by Gasteiger charge is 2.34. The molecule has 0 aromatic carbocycles. The molecule has 0 atom stereocenters. The molecule has 0 bridgehead atoms. The maximum Gasteiger partial charge on any atom is 0.573 e. The lowest BCUT2D eigenvalue weighted by molar-refractivity contribution is -0.274. The Kier molecular flexibility index (Phi) is 5.32. The zero-order valence-electron chi connectivity index (χ0n) is 9.55. The number of carbonyl (C=O) groups is 1. The van der Waals surface area contributed by atoms with Crippen LogP contribution in [-0.4, -0.2) is 23.9 Å². The second kappa shape index (κ2) is 6.35. The Morgan fingerprint density at radius 2 is 2.11 bits per heavy atom. The van der Waals surface area contributed by atoms with Gasteiger partial charge in [-0.05, 0) is 35.6 Å². The molecule has 1 rings (SSSR count). The molecule has 0 fully saturated rings. The SMILES string of the molecule is CCOC(=O)c1nc(I)c(CF)cc1OC(F)(F)F. The van der Waals surface area contributed by atoms with Crippen molar-refractivity contribution in [3.05, 3.63) is 21.0 Å². The van der Waals surface area contributed by atoms with E-state index in [0.29, 0.717) is 0 Å². The second-order valence-corrected chi connectivity index (χ2v) is 4.21. The zero-order valence-corrected chi connectivity index (χ0v) is 11.7. The topological polar surface area (TPSA) is 48.4 Å². The lowest BCUT2D eigenvalue weighted by atomic mass is 10.2. The molecule has 19 heavy (non-hydrogen) atoms. The van der Waals surface area contributed by atoms with Gasteiger partial charge in [-0.25, -0.2) is 14.2 Å². The predicted molar refractivity (Wildman–Crippen MR) is 64.4 cm³/mol. The fraction of sp³-hybridized carbons (Fsp3) is 0.400. The summed E-state index contributed by atoms with van der Waals surface area (Å²) in [6, 6.07) is 0.786. The number of alkyl halides is 4. The van der Waals surface area contributed by atoms with Crippen LogP contribution < -0.4 is 4.74 Å². The van der Waals surface area contributed by atoms with Crippen molar-refractivity contribution < 1.29 is 31.8 Å². The smallest absolute Gasteiger partial charge is 0.461 e. The molecule has 0 aliphatic rings. The van der Waals surface area contributed by atoms with Gasteiger partial charge in [0, 0.05) is 5.56 Å². The number of hydrogen-bond donors (Lipinski definition) is 0. The number of ether oxygens (including phenoxy) is 2. The van der Waals surface area contributed by atoms with E-state index in [0.717, 1.165) is 6.07 Å². The molecule has 1 aromatic heterocycles. The molecule has 106 valence electrons. The molecule has 0 saturated heterocycles. The van der Waals surface area contributed by atoms with E-state index < -0.39 is 30.4 Å². The summed E-state index contributed by atoms with van der Waals surface area (Å²) in [6.45, 7) is 0.430. The maximum atomic E-state index is 12.6. The van der Waals surface area contributed by atoms with E-state index >= 15 is 0 Å². The average Bonchev–Trinajstić information content (AvgIpc) is 2.29. The summed E-state index contributed by atoms with van der Waals surface area (Å²) in [5, 5.41) is 0. The molecule has 9 heteroatoms. The van der Waals surface area contributed by atoms with E-state index in [2.05, 4.69) is 14.5 Å². The summed E-state index contributed by atoms with van der Waals surface area (Å²) in [7, 11) is 0. The van der Waals surface area contributed by atoms with Crippen molar-refractivity contribution in [2.45, 2.75) is 20.0 Å². The Balaban J connectivity index is 3.26. The number of rotatable bonds is 4. The Bertz CT molecular complexity index is 479. The van der Waals surface area contributed by atoms with Gasteiger partial charge in [-0.2, -0.15) is 0 Å². The van der Waals surface area contributed by atoms with Crippen molar-refractivity contribution in [1.29, 1.82) is 0 Å². The number of halogens is 5. The highest BCUT2D eigenvalue weighted by molar-refractivity contribution is 14.1. The first-order chi connectivity index (χ1) is 8.78. The van der Waals surface area contributed by atoms with E-state index in [1.807, 2.05) is 0 Å². The van der Waals surface area contributed by atoms with Crippen molar-refractivity contribution >= 4 is 28.6 Å². The summed E-state index contributed by atoms with van der Waals surface area (Å²) in [6.07, 6.45) is -5.01. The Morgan fingerprint density at radius 1 is 1.47 bits per heavy atom. The Hall–Kier alpha value is -1.13. The largest absolute Gasteiger partial charge is 0.573 e. The molecule has 0 unspecified atom stereocenters. The molecule has 1 aromatic rings. The molecule has 0 aliphatic heterocycles. The summed E-state index contributed by atoms with van der Waals surface area (Å²) >= 11 is 1.61.